The van der Waals surface area contributed by atoms with Crippen LogP contribution in [0.2, 0.25) is 0 Å². The summed E-state index contributed by atoms with van der Waals surface area (Å²) in [6, 6.07) is 12.8. The van der Waals surface area contributed by atoms with Crippen LogP contribution in [0.3, 0.4) is 0 Å². The van der Waals surface area contributed by atoms with Crippen LogP contribution < -0.4 is 21.7 Å². The van der Waals surface area contributed by atoms with E-state index in [1.807, 2.05) is 0 Å². The number of carbonyl (C=O) groups excluding carboxylic acids is 3. The number of amides is 3. The number of hydrogen-bond acceptors (Lipinski definition) is 7. The number of rotatable bonds is 16. The molecule has 0 saturated carbocycles. The van der Waals surface area contributed by atoms with E-state index in [-0.39, 0.29) is 32.1 Å². The van der Waals surface area contributed by atoms with E-state index in [1.54, 1.807) is 60.7 Å². The fraction of sp³-hybridized carbons (Fsp3) is 0.310. The SMILES string of the molecule is NC(CCC(=O)O)C(=O)NC(Cc1cnc[nH]1)C(=O)NC(Cc1ccccc1)C(=O)NC(Cc1ccccc1)C(=O)O. The van der Waals surface area contributed by atoms with Gasteiger partial charge in [-0.2, -0.15) is 0 Å². The molecule has 42 heavy (non-hydrogen) atoms. The van der Waals surface area contributed by atoms with E-state index in [9.17, 15) is 29.1 Å². The monoisotopic (exact) mass is 578 g/mol. The summed E-state index contributed by atoms with van der Waals surface area (Å²) in [7, 11) is 0. The molecule has 13 heteroatoms. The van der Waals surface area contributed by atoms with Crippen molar-refractivity contribution < 1.29 is 34.2 Å². The number of aromatic nitrogens is 2. The van der Waals surface area contributed by atoms with Gasteiger partial charge >= 0.3 is 11.9 Å². The van der Waals surface area contributed by atoms with Gasteiger partial charge < -0.3 is 36.9 Å². The number of benzene rings is 2. The smallest absolute Gasteiger partial charge is 0.326 e. The van der Waals surface area contributed by atoms with Gasteiger partial charge in [-0.1, -0.05) is 60.7 Å². The Morgan fingerprint density at radius 2 is 1.24 bits per heavy atom. The number of nitrogens with zero attached hydrogens (tertiary/aromatic N) is 1. The number of aliphatic carboxylic acids is 2. The van der Waals surface area contributed by atoms with Crippen molar-refractivity contribution in [3.8, 4) is 0 Å². The third kappa shape index (κ3) is 10.2. The molecule has 3 aromatic rings. The molecule has 3 amide bonds. The highest BCUT2D eigenvalue weighted by molar-refractivity contribution is 5.94. The normalized spacial score (nSPS) is 13.6. The molecule has 0 fully saturated rings. The summed E-state index contributed by atoms with van der Waals surface area (Å²) in [5.41, 5.74) is 7.76. The van der Waals surface area contributed by atoms with Crippen molar-refractivity contribution in [2.75, 3.05) is 0 Å². The molecular weight excluding hydrogens is 544 g/mol. The number of nitrogens with two attached hydrogens (primary N) is 1. The van der Waals surface area contributed by atoms with Gasteiger partial charge in [0.15, 0.2) is 0 Å². The fourth-order valence-electron chi connectivity index (χ4n) is 4.17. The Morgan fingerprint density at radius 1 is 0.738 bits per heavy atom. The van der Waals surface area contributed by atoms with Crippen molar-refractivity contribution in [2.24, 2.45) is 5.73 Å². The largest absolute Gasteiger partial charge is 0.481 e. The van der Waals surface area contributed by atoms with E-state index in [0.29, 0.717) is 16.8 Å². The summed E-state index contributed by atoms with van der Waals surface area (Å²) in [6.07, 6.45) is 2.42. The molecule has 4 atom stereocenters. The van der Waals surface area contributed by atoms with E-state index in [0.717, 1.165) is 0 Å². The predicted octanol–water partition coefficient (Wildman–Crippen LogP) is 0.169. The van der Waals surface area contributed by atoms with Crippen molar-refractivity contribution in [3.63, 3.8) is 0 Å². The van der Waals surface area contributed by atoms with Crippen molar-refractivity contribution in [3.05, 3.63) is 90.0 Å². The van der Waals surface area contributed by atoms with Gasteiger partial charge in [-0.15, -0.1) is 0 Å². The van der Waals surface area contributed by atoms with Gasteiger partial charge in [-0.05, 0) is 17.5 Å². The Bertz CT molecular complexity index is 1340. The summed E-state index contributed by atoms with van der Waals surface area (Å²) in [4.78, 5) is 69.3. The Balaban J connectivity index is 1.80. The molecule has 0 spiro atoms. The molecule has 3 rings (SSSR count). The van der Waals surface area contributed by atoms with E-state index >= 15 is 0 Å². The molecule has 0 aliphatic rings. The second kappa shape index (κ2) is 15.7. The first-order valence-electron chi connectivity index (χ1n) is 13.3. The molecule has 8 N–H and O–H groups in total. The summed E-state index contributed by atoms with van der Waals surface area (Å²) in [6.45, 7) is 0. The molecule has 0 saturated heterocycles. The average Bonchev–Trinajstić information content (AvgIpc) is 3.49. The lowest BCUT2D eigenvalue weighted by Crippen LogP contribution is -2.58. The lowest BCUT2D eigenvalue weighted by atomic mass is 10.0. The zero-order valence-corrected chi connectivity index (χ0v) is 22.7. The molecule has 0 aliphatic carbocycles. The number of carbonyl (C=O) groups is 5. The average molecular weight is 579 g/mol. The predicted molar refractivity (Wildman–Crippen MR) is 151 cm³/mol. The van der Waals surface area contributed by atoms with Gasteiger partial charge in [-0.25, -0.2) is 9.78 Å². The minimum atomic E-state index is -1.26. The Morgan fingerprint density at radius 3 is 1.74 bits per heavy atom. The first-order valence-corrected chi connectivity index (χ1v) is 13.3. The molecule has 13 nitrogen and oxygen atoms in total. The Labute approximate surface area is 241 Å². The minimum Gasteiger partial charge on any atom is -0.481 e. The molecule has 1 aromatic heterocycles. The molecule has 0 aliphatic heterocycles. The highest BCUT2D eigenvalue weighted by Gasteiger charge is 2.31. The number of hydrogen-bond donors (Lipinski definition) is 7. The molecule has 0 bridgehead atoms. The highest BCUT2D eigenvalue weighted by Crippen LogP contribution is 2.09. The number of aromatic amines is 1. The molecule has 1 heterocycles. The van der Waals surface area contributed by atoms with E-state index in [2.05, 4.69) is 25.9 Å². The van der Waals surface area contributed by atoms with Gasteiger partial charge in [0.1, 0.15) is 18.1 Å². The van der Waals surface area contributed by atoms with Crippen LogP contribution >= 0.6 is 0 Å². The van der Waals surface area contributed by atoms with Crippen LogP contribution in [0.4, 0.5) is 0 Å². The van der Waals surface area contributed by atoms with Gasteiger partial charge in [0.25, 0.3) is 0 Å². The lowest BCUT2D eigenvalue weighted by molar-refractivity contribution is -0.142. The van der Waals surface area contributed by atoms with Gasteiger partial charge in [0.2, 0.25) is 17.7 Å². The first-order chi connectivity index (χ1) is 20.1. The number of imidazole rings is 1. The fourth-order valence-corrected chi connectivity index (χ4v) is 4.17. The van der Waals surface area contributed by atoms with Crippen molar-refractivity contribution in [2.45, 2.75) is 56.3 Å². The maximum atomic E-state index is 13.5. The summed E-state index contributed by atoms with van der Waals surface area (Å²) < 4.78 is 0. The molecule has 4 unspecified atom stereocenters. The summed E-state index contributed by atoms with van der Waals surface area (Å²) in [5, 5.41) is 26.4. The minimum absolute atomic E-state index is 0.0284. The third-order valence-electron chi connectivity index (χ3n) is 6.43. The maximum Gasteiger partial charge on any atom is 0.326 e. The Kier molecular flexibility index (Phi) is 11.7. The van der Waals surface area contributed by atoms with Crippen molar-refractivity contribution in [1.82, 2.24) is 25.9 Å². The third-order valence-corrected chi connectivity index (χ3v) is 6.43. The van der Waals surface area contributed by atoms with Crippen LogP contribution in [0.15, 0.2) is 73.2 Å². The molecular formula is C29H34N6O7. The molecule has 2 aromatic carbocycles. The van der Waals surface area contributed by atoms with E-state index < -0.39 is 53.8 Å². The lowest BCUT2D eigenvalue weighted by Gasteiger charge is -2.25. The number of carboxylic acids is 2. The first kappa shape index (κ1) is 31.5. The topological polar surface area (TPSA) is 217 Å². The van der Waals surface area contributed by atoms with Crippen LogP contribution in [0.5, 0.6) is 0 Å². The van der Waals surface area contributed by atoms with Crippen LogP contribution in [-0.4, -0.2) is 74.0 Å². The molecule has 0 radical (unpaired) electrons. The number of H-pyrrole nitrogens is 1. The van der Waals surface area contributed by atoms with E-state index in [1.165, 1.54) is 12.5 Å². The second-order valence-corrected chi connectivity index (χ2v) is 9.72. The van der Waals surface area contributed by atoms with Crippen LogP contribution in [0.25, 0.3) is 0 Å². The zero-order valence-electron chi connectivity index (χ0n) is 22.7. The summed E-state index contributed by atoms with van der Waals surface area (Å²) >= 11 is 0. The van der Waals surface area contributed by atoms with Crippen molar-refractivity contribution >= 4 is 29.7 Å². The maximum absolute atomic E-state index is 13.5. The zero-order chi connectivity index (χ0) is 30.5. The quantitative estimate of drug-likeness (QED) is 0.123. The number of carboxylic acid groups (broad SMARTS) is 2. The van der Waals surface area contributed by atoms with Gasteiger partial charge in [-0.3, -0.25) is 19.2 Å². The highest BCUT2D eigenvalue weighted by atomic mass is 16.4. The molecule has 222 valence electrons. The van der Waals surface area contributed by atoms with Crippen LogP contribution in [0.1, 0.15) is 29.7 Å². The van der Waals surface area contributed by atoms with Crippen molar-refractivity contribution in [1.29, 1.82) is 0 Å². The van der Waals surface area contributed by atoms with Crippen LogP contribution in [-0.2, 0) is 43.2 Å². The van der Waals surface area contributed by atoms with Gasteiger partial charge in [0.05, 0.1) is 12.4 Å². The number of nitrogens with one attached hydrogen (secondary N) is 4. The second-order valence-electron chi connectivity index (χ2n) is 9.72. The van der Waals surface area contributed by atoms with Gasteiger partial charge in [0, 0.05) is 37.6 Å². The Hall–Kier alpha value is -5.04. The van der Waals surface area contributed by atoms with E-state index in [4.69, 9.17) is 10.8 Å². The standard InChI is InChI=1S/C29H34N6O7/c30-21(11-12-25(36)37)26(38)33-23(15-20-16-31-17-32-20)28(40)34-22(13-18-7-3-1-4-8-18)27(39)35-24(29(41)42)14-19-9-5-2-6-10-19/h1-10,16-17,21-24H,11-15,30H2,(H,31,32)(H,33,38)(H,34,40)(H,35,39)(H,36,37)(H,41,42). The van der Waals surface area contributed by atoms with Crippen LogP contribution in [0, 0.1) is 0 Å². The summed E-state index contributed by atoms with van der Waals surface area (Å²) in [5.74, 6) is -4.55.